The zero-order valence-corrected chi connectivity index (χ0v) is 14.0. The predicted molar refractivity (Wildman–Crippen MR) is 93.4 cm³/mol. The first-order valence-corrected chi connectivity index (χ1v) is 8.15. The SMILES string of the molecule is CCOc1cc2c(cc1CNC(=O)c1cccc(N)c1)OC(C)C2. The number of nitrogens with one attached hydrogen (secondary N) is 1. The van der Waals surface area contributed by atoms with Gasteiger partial charge in [0.25, 0.3) is 5.91 Å². The van der Waals surface area contributed by atoms with Crippen LogP contribution in [0.25, 0.3) is 0 Å². The van der Waals surface area contributed by atoms with Gasteiger partial charge in [-0.3, -0.25) is 4.79 Å². The van der Waals surface area contributed by atoms with Gasteiger partial charge in [-0.2, -0.15) is 0 Å². The van der Waals surface area contributed by atoms with Crippen molar-refractivity contribution in [2.45, 2.75) is 32.9 Å². The summed E-state index contributed by atoms with van der Waals surface area (Å²) in [4.78, 5) is 12.3. The molecule has 0 radical (unpaired) electrons. The molecule has 5 nitrogen and oxygen atoms in total. The Morgan fingerprint density at radius 3 is 2.96 bits per heavy atom. The number of benzene rings is 2. The molecule has 2 aromatic carbocycles. The van der Waals surface area contributed by atoms with Crippen LogP contribution in [0.4, 0.5) is 5.69 Å². The van der Waals surface area contributed by atoms with Crippen molar-refractivity contribution in [1.82, 2.24) is 5.32 Å². The van der Waals surface area contributed by atoms with E-state index in [0.29, 0.717) is 24.4 Å². The number of carbonyl (C=O) groups is 1. The molecule has 1 amide bonds. The van der Waals surface area contributed by atoms with Gasteiger partial charge in [0.15, 0.2) is 0 Å². The number of carbonyl (C=O) groups excluding carboxylic acids is 1. The molecule has 0 aromatic heterocycles. The minimum atomic E-state index is -0.167. The van der Waals surface area contributed by atoms with Crippen molar-refractivity contribution >= 4 is 11.6 Å². The van der Waals surface area contributed by atoms with Crippen molar-refractivity contribution in [2.75, 3.05) is 12.3 Å². The summed E-state index contributed by atoms with van der Waals surface area (Å²) in [6.45, 7) is 4.93. The van der Waals surface area contributed by atoms with Crippen molar-refractivity contribution in [2.24, 2.45) is 0 Å². The molecule has 1 aliphatic heterocycles. The molecule has 126 valence electrons. The van der Waals surface area contributed by atoms with E-state index < -0.39 is 0 Å². The second-order valence-corrected chi connectivity index (χ2v) is 5.94. The first-order chi connectivity index (χ1) is 11.6. The molecule has 0 saturated heterocycles. The van der Waals surface area contributed by atoms with E-state index in [1.165, 1.54) is 0 Å². The van der Waals surface area contributed by atoms with Gasteiger partial charge < -0.3 is 20.5 Å². The summed E-state index contributed by atoms with van der Waals surface area (Å²) < 4.78 is 11.5. The lowest BCUT2D eigenvalue weighted by Crippen LogP contribution is -2.23. The molecule has 3 N–H and O–H groups in total. The highest BCUT2D eigenvalue weighted by Gasteiger charge is 2.22. The standard InChI is InChI=1S/C19H22N2O3/c1-3-23-17-9-14-7-12(2)24-18(14)10-15(17)11-21-19(22)13-5-4-6-16(20)8-13/h4-6,8-10,12H,3,7,11,20H2,1-2H3,(H,21,22). The molecule has 1 atom stereocenters. The number of ether oxygens (including phenoxy) is 2. The van der Waals surface area contributed by atoms with Gasteiger partial charge in [0.1, 0.15) is 17.6 Å². The molecule has 2 aromatic rings. The van der Waals surface area contributed by atoms with Crippen LogP contribution < -0.4 is 20.5 Å². The number of fused-ring (bicyclic) bond motifs is 1. The Kier molecular flexibility index (Phi) is 4.60. The summed E-state index contributed by atoms with van der Waals surface area (Å²) in [5.41, 5.74) is 8.89. The summed E-state index contributed by atoms with van der Waals surface area (Å²) >= 11 is 0. The van der Waals surface area contributed by atoms with Crippen LogP contribution in [-0.2, 0) is 13.0 Å². The summed E-state index contributed by atoms with van der Waals surface area (Å²) in [5, 5.41) is 2.91. The van der Waals surface area contributed by atoms with Gasteiger partial charge in [-0.05, 0) is 44.2 Å². The van der Waals surface area contributed by atoms with Crippen LogP contribution in [0.1, 0.15) is 35.3 Å². The zero-order valence-electron chi connectivity index (χ0n) is 14.0. The van der Waals surface area contributed by atoms with Gasteiger partial charge in [-0.15, -0.1) is 0 Å². The number of hydrogen-bond acceptors (Lipinski definition) is 4. The Hall–Kier alpha value is -2.69. The second-order valence-electron chi connectivity index (χ2n) is 5.94. The van der Waals surface area contributed by atoms with E-state index in [1.54, 1.807) is 24.3 Å². The highest BCUT2D eigenvalue weighted by Crippen LogP contribution is 2.35. The van der Waals surface area contributed by atoms with Crippen molar-refractivity contribution in [1.29, 1.82) is 0 Å². The third kappa shape index (κ3) is 3.45. The molecule has 3 rings (SSSR count). The molecule has 0 bridgehead atoms. The fourth-order valence-corrected chi connectivity index (χ4v) is 2.87. The molecule has 1 heterocycles. The Morgan fingerprint density at radius 1 is 1.38 bits per heavy atom. The van der Waals surface area contributed by atoms with Gasteiger partial charge in [-0.25, -0.2) is 0 Å². The van der Waals surface area contributed by atoms with E-state index in [1.807, 2.05) is 26.0 Å². The van der Waals surface area contributed by atoms with Crippen molar-refractivity contribution in [3.8, 4) is 11.5 Å². The maximum atomic E-state index is 12.3. The molecule has 24 heavy (non-hydrogen) atoms. The van der Waals surface area contributed by atoms with Crippen LogP contribution in [0.2, 0.25) is 0 Å². The Labute approximate surface area is 141 Å². The molecule has 5 heteroatoms. The number of amides is 1. The fourth-order valence-electron chi connectivity index (χ4n) is 2.87. The van der Waals surface area contributed by atoms with Gasteiger partial charge in [0.2, 0.25) is 0 Å². The minimum Gasteiger partial charge on any atom is -0.494 e. The van der Waals surface area contributed by atoms with Gasteiger partial charge in [0.05, 0.1) is 6.61 Å². The Morgan fingerprint density at radius 2 is 2.21 bits per heavy atom. The van der Waals surface area contributed by atoms with Crippen LogP contribution in [0.5, 0.6) is 11.5 Å². The van der Waals surface area contributed by atoms with Crippen LogP contribution in [-0.4, -0.2) is 18.6 Å². The predicted octanol–water partition coefficient (Wildman–Crippen LogP) is 2.92. The monoisotopic (exact) mass is 326 g/mol. The van der Waals surface area contributed by atoms with Crippen LogP contribution >= 0.6 is 0 Å². The molecule has 0 aliphatic carbocycles. The Balaban J connectivity index is 1.77. The normalized spacial score (nSPS) is 15.5. The smallest absolute Gasteiger partial charge is 0.251 e. The highest BCUT2D eigenvalue weighted by molar-refractivity contribution is 5.94. The van der Waals surface area contributed by atoms with E-state index in [4.69, 9.17) is 15.2 Å². The van der Waals surface area contributed by atoms with Crippen molar-refractivity contribution in [3.05, 3.63) is 53.1 Å². The summed E-state index contributed by atoms with van der Waals surface area (Å²) in [6.07, 6.45) is 1.05. The average Bonchev–Trinajstić information content (AvgIpc) is 2.91. The molecule has 0 fully saturated rings. The first-order valence-electron chi connectivity index (χ1n) is 8.15. The number of nitrogens with two attached hydrogens (primary N) is 1. The third-order valence-electron chi connectivity index (χ3n) is 3.97. The number of rotatable bonds is 5. The van der Waals surface area contributed by atoms with E-state index in [0.717, 1.165) is 29.0 Å². The van der Waals surface area contributed by atoms with E-state index in [9.17, 15) is 4.79 Å². The van der Waals surface area contributed by atoms with Crippen LogP contribution in [0.15, 0.2) is 36.4 Å². The second kappa shape index (κ2) is 6.83. The first kappa shape index (κ1) is 16.2. The molecular weight excluding hydrogens is 304 g/mol. The third-order valence-corrected chi connectivity index (χ3v) is 3.97. The average molecular weight is 326 g/mol. The molecule has 0 spiro atoms. The van der Waals surface area contributed by atoms with Crippen molar-refractivity contribution < 1.29 is 14.3 Å². The highest BCUT2D eigenvalue weighted by atomic mass is 16.5. The summed E-state index contributed by atoms with van der Waals surface area (Å²) in [7, 11) is 0. The zero-order chi connectivity index (χ0) is 17.1. The molecular formula is C19H22N2O3. The van der Waals surface area contributed by atoms with Gasteiger partial charge in [0, 0.05) is 35.3 Å². The topological polar surface area (TPSA) is 73.6 Å². The van der Waals surface area contributed by atoms with Gasteiger partial charge in [-0.1, -0.05) is 6.07 Å². The fraction of sp³-hybridized carbons (Fsp3) is 0.316. The van der Waals surface area contributed by atoms with Crippen LogP contribution in [0, 0.1) is 0 Å². The lowest BCUT2D eigenvalue weighted by atomic mass is 10.1. The number of nitrogen functional groups attached to an aromatic ring is 1. The van der Waals surface area contributed by atoms with Crippen LogP contribution in [0.3, 0.4) is 0 Å². The summed E-state index contributed by atoms with van der Waals surface area (Å²) in [5.74, 6) is 1.50. The summed E-state index contributed by atoms with van der Waals surface area (Å²) in [6, 6.07) is 10.9. The van der Waals surface area contributed by atoms with Gasteiger partial charge >= 0.3 is 0 Å². The maximum absolute atomic E-state index is 12.3. The van der Waals surface area contributed by atoms with E-state index >= 15 is 0 Å². The maximum Gasteiger partial charge on any atom is 0.251 e. The quantitative estimate of drug-likeness (QED) is 0.829. The lowest BCUT2D eigenvalue weighted by molar-refractivity contribution is 0.0950. The van der Waals surface area contributed by atoms with E-state index in [-0.39, 0.29) is 12.0 Å². The molecule has 0 saturated carbocycles. The minimum absolute atomic E-state index is 0.167. The molecule has 1 aliphatic rings. The number of anilines is 1. The lowest BCUT2D eigenvalue weighted by Gasteiger charge is -2.13. The molecule has 1 unspecified atom stereocenters. The van der Waals surface area contributed by atoms with Crippen molar-refractivity contribution in [3.63, 3.8) is 0 Å². The number of hydrogen-bond donors (Lipinski definition) is 2. The Bertz CT molecular complexity index is 758. The van der Waals surface area contributed by atoms with E-state index in [2.05, 4.69) is 5.32 Å². The largest absolute Gasteiger partial charge is 0.494 e.